The predicted octanol–water partition coefficient (Wildman–Crippen LogP) is 6.80. The molecule has 0 aliphatic carbocycles. The summed E-state index contributed by atoms with van der Waals surface area (Å²) < 4.78 is 12.1. The SMILES string of the molecule is COC(=O)C(c1ccccc1)N1C(=O)/C(=C\c2cc(Br)ccc2OCc2ccccc2Cl)SC1=S. The number of hydrogen-bond donors (Lipinski definition) is 0. The van der Waals surface area contributed by atoms with Crippen LogP contribution in [0.1, 0.15) is 22.7 Å². The lowest BCUT2D eigenvalue weighted by molar-refractivity contribution is -0.148. The Morgan fingerprint density at radius 3 is 2.57 bits per heavy atom. The van der Waals surface area contributed by atoms with Crippen molar-refractivity contribution in [1.29, 1.82) is 0 Å². The molecule has 3 aromatic carbocycles. The summed E-state index contributed by atoms with van der Waals surface area (Å²) in [7, 11) is 1.29. The van der Waals surface area contributed by atoms with Crippen LogP contribution < -0.4 is 4.74 Å². The number of esters is 1. The molecule has 1 amide bonds. The van der Waals surface area contributed by atoms with Crippen molar-refractivity contribution in [3.8, 4) is 5.75 Å². The van der Waals surface area contributed by atoms with Crippen LogP contribution in [0.25, 0.3) is 6.08 Å². The predicted molar refractivity (Wildman–Crippen MR) is 146 cm³/mol. The van der Waals surface area contributed by atoms with Crippen molar-refractivity contribution >= 4 is 73.8 Å². The van der Waals surface area contributed by atoms with E-state index in [2.05, 4.69) is 15.9 Å². The second kappa shape index (κ2) is 11.4. The topological polar surface area (TPSA) is 55.8 Å². The normalized spacial score (nSPS) is 15.4. The number of amides is 1. The molecule has 1 saturated heterocycles. The third-order valence-electron chi connectivity index (χ3n) is 5.22. The van der Waals surface area contributed by atoms with Gasteiger partial charge in [0, 0.05) is 20.6 Å². The lowest BCUT2D eigenvalue weighted by atomic mass is 10.1. The summed E-state index contributed by atoms with van der Waals surface area (Å²) in [6.45, 7) is 0.265. The second-order valence-corrected chi connectivity index (χ2v) is 10.4. The van der Waals surface area contributed by atoms with E-state index in [9.17, 15) is 9.59 Å². The summed E-state index contributed by atoms with van der Waals surface area (Å²) in [5.41, 5.74) is 2.14. The first-order valence-corrected chi connectivity index (χ1v) is 12.8. The lowest BCUT2D eigenvalue weighted by Gasteiger charge is -2.24. The molecule has 9 heteroatoms. The zero-order valence-corrected chi connectivity index (χ0v) is 22.4. The summed E-state index contributed by atoms with van der Waals surface area (Å²) in [5.74, 6) is -0.373. The molecule has 1 aliphatic heterocycles. The fraction of sp³-hybridized carbons (Fsp3) is 0.115. The van der Waals surface area contributed by atoms with Crippen molar-refractivity contribution < 1.29 is 19.1 Å². The number of rotatable bonds is 7. The van der Waals surface area contributed by atoms with Gasteiger partial charge in [-0.25, -0.2) is 4.79 Å². The molecule has 1 atom stereocenters. The molecular formula is C26H19BrClNO4S2. The molecule has 0 saturated carbocycles. The minimum Gasteiger partial charge on any atom is -0.488 e. The largest absolute Gasteiger partial charge is 0.488 e. The summed E-state index contributed by atoms with van der Waals surface area (Å²) in [4.78, 5) is 27.8. The van der Waals surface area contributed by atoms with Gasteiger partial charge < -0.3 is 9.47 Å². The van der Waals surface area contributed by atoms with Crippen LogP contribution in [0.15, 0.2) is 82.2 Å². The maximum Gasteiger partial charge on any atom is 0.333 e. The Kier molecular flexibility index (Phi) is 8.28. The molecule has 0 radical (unpaired) electrons. The van der Waals surface area contributed by atoms with Crippen LogP contribution in [0, 0.1) is 0 Å². The zero-order chi connectivity index (χ0) is 24.9. The number of benzene rings is 3. The highest BCUT2D eigenvalue weighted by atomic mass is 79.9. The van der Waals surface area contributed by atoms with Gasteiger partial charge in [-0.15, -0.1) is 0 Å². The summed E-state index contributed by atoms with van der Waals surface area (Å²) >= 11 is 16.4. The van der Waals surface area contributed by atoms with E-state index in [-0.39, 0.29) is 16.8 Å². The van der Waals surface area contributed by atoms with E-state index in [1.165, 1.54) is 12.0 Å². The van der Waals surface area contributed by atoms with Crippen molar-refractivity contribution in [2.45, 2.75) is 12.6 Å². The number of methoxy groups -OCH3 is 1. The summed E-state index contributed by atoms with van der Waals surface area (Å²) in [6.07, 6.45) is 1.71. The van der Waals surface area contributed by atoms with Gasteiger partial charge in [-0.1, -0.05) is 100 Å². The second-order valence-electron chi connectivity index (χ2n) is 7.45. The van der Waals surface area contributed by atoms with Gasteiger partial charge in [0.2, 0.25) is 0 Å². The molecule has 1 unspecified atom stereocenters. The number of thiocarbonyl (C=S) groups is 1. The maximum atomic E-state index is 13.4. The first-order chi connectivity index (χ1) is 16.9. The van der Waals surface area contributed by atoms with E-state index in [4.69, 9.17) is 33.3 Å². The quantitative estimate of drug-likeness (QED) is 0.172. The van der Waals surface area contributed by atoms with Crippen LogP contribution >= 0.6 is 51.5 Å². The Labute approximate surface area is 226 Å². The third kappa shape index (κ3) is 5.78. The fourth-order valence-electron chi connectivity index (χ4n) is 3.52. The lowest BCUT2D eigenvalue weighted by Crippen LogP contribution is -2.37. The van der Waals surface area contributed by atoms with Crippen LogP contribution in [0.5, 0.6) is 5.75 Å². The first-order valence-electron chi connectivity index (χ1n) is 10.4. The van der Waals surface area contributed by atoms with Crippen LogP contribution in [0.2, 0.25) is 5.02 Å². The van der Waals surface area contributed by atoms with Gasteiger partial charge in [0.1, 0.15) is 16.7 Å². The monoisotopic (exact) mass is 587 g/mol. The number of halogens is 2. The Morgan fingerprint density at radius 1 is 1.14 bits per heavy atom. The molecule has 4 rings (SSSR count). The Balaban J connectivity index is 1.65. The minimum atomic E-state index is -0.974. The molecule has 1 aliphatic rings. The van der Waals surface area contributed by atoms with E-state index >= 15 is 0 Å². The number of carbonyl (C=O) groups is 2. The van der Waals surface area contributed by atoms with Gasteiger partial charge >= 0.3 is 5.97 Å². The molecule has 35 heavy (non-hydrogen) atoms. The Hall–Kier alpha value is -2.65. The van der Waals surface area contributed by atoms with Crippen LogP contribution in [0.3, 0.4) is 0 Å². The molecule has 1 heterocycles. The average Bonchev–Trinajstić information content (AvgIpc) is 3.13. The molecule has 0 spiro atoms. The average molecular weight is 589 g/mol. The van der Waals surface area contributed by atoms with E-state index < -0.39 is 12.0 Å². The van der Waals surface area contributed by atoms with Crippen molar-refractivity contribution in [1.82, 2.24) is 4.90 Å². The van der Waals surface area contributed by atoms with Crippen molar-refractivity contribution in [2.75, 3.05) is 7.11 Å². The van der Waals surface area contributed by atoms with E-state index in [0.717, 1.165) is 21.8 Å². The summed E-state index contributed by atoms with van der Waals surface area (Å²) in [5, 5.41) is 0.613. The van der Waals surface area contributed by atoms with Crippen molar-refractivity contribution in [3.05, 3.63) is 104 Å². The van der Waals surface area contributed by atoms with E-state index in [1.807, 2.05) is 42.5 Å². The van der Waals surface area contributed by atoms with Crippen LogP contribution in [0.4, 0.5) is 0 Å². The molecule has 3 aromatic rings. The van der Waals surface area contributed by atoms with Crippen molar-refractivity contribution in [2.24, 2.45) is 0 Å². The number of nitrogens with zero attached hydrogens (tertiary/aromatic N) is 1. The maximum absolute atomic E-state index is 13.4. The fourth-order valence-corrected chi connectivity index (χ4v) is 5.39. The smallest absolute Gasteiger partial charge is 0.333 e. The third-order valence-corrected chi connectivity index (χ3v) is 7.41. The van der Waals surface area contributed by atoms with Crippen molar-refractivity contribution in [3.63, 3.8) is 0 Å². The van der Waals surface area contributed by atoms with Gasteiger partial charge in [0.05, 0.1) is 12.0 Å². The highest BCUT2D eigenvalue weighted by Gasteiger charge is 2.42. The molecule has 1 fully saturated rings. The highest BCUT2D eigenvalue weighted by molar-refractivity contribution is 9.10. The van der Waals surface area contributed by atoms with E-state index in [1.54, 1.807) is 36.4 Å². The molecule has 0 bridgehead atoms. The molecule has 178 valence electrons. The number of thioether (sulfide) groups is 1. The van der Waals surface area contributed by atoms with Gasteiger partial charge in [0.25, 0.3) is 5.91 Å². The highest BCUT2D eigenvalue weighted by Crippen LogP contribution is 2.40. The minimum absolute atomic E-state index is 0.265. The Morgan fingerprint density at radius 2 is 1.86 bits per heavy atom. The standard InChI is InChI=1S/C26H19BrClNO4S2/c1-32-25(31)23(16-7-3-2-4-8-16)29-24(30)22(35-26(29)34)14-18-13-19(27)11-12-21(18)33-15-17-9-5-6-10-20(17)28/h2-14,23H,15H2,1H3/b22-14+. The molecule has 0 aromatic heterocycles. The van der Waals surface area contributed by atoms with Gasteiger partial charge in [-0.05, 0) is 35.9 Å². The zero-order valence-electron chi connectivity index (χ0n) is 18.4. The van der Waals surface area contributed by atoms with Gasteiger partial charge in [0.15, 0.2) is 6.04 Å². The van der Waals surface area contributed by atoms with Gasteiger partial charge in [-0.3, -0.25) is 9.69 Å². The number of ether oxygens (including phenoxy) is 2. The Bertz CT molecular complexity index is 1320. The molecule has 0 N–H and O–H groups in total. The summed E-state index contributed by atoms with van der Waals surface area (Å²) in [6, 6.07) is 20.9. The number of hydrogen-bond acceptors (Lipinski definition) is 6. The van der Waals surface area contributed by atoms with E-state index in [0.29, 0.717) is 26.8 Å². The first kappa shape index (κ1) is 25.4. The molecular weight excluding hydrogens is 570 g/mol. The van der Waals surface area contributed by atoms with Gasteiger partial charge in [-0.2, -0.15) is 0 Å². The van der Waals surface area contributed by atoms with Crippen LogP contribution in [-0.4, -0.2) is 28.2 Å². The number of carbonyl (C=O) groups excluding carboxylic acids is 2. The van der Waals surface area contributed by atoms with Crippen LogP contribution in [-0.2, 0) is 20.9 Å². The molecule has 5 nitrogen and oxygen atoms in total.